The van der Waals surface area contributed by atoms with E-state index in [0.717, 1.165) is 0 Å². The third-order valence-corrected chi connectivity index (χ3v) is 1.54. The number of carbonyl (C=O) groups is 2. The van der Waals surface area contributed by atoms with E-state index >= 15 is 0 Å². The summed E-state index contributed by atoms with van der Waals surface area (Å²) in [6.45, 7) is -0.183. The molecule has 1 rings (SSSR count). The average molecular weight is 194 g/mol. The number of esters is 1. The summed E-state index contributed by atoms with van der Waals surface area (Å²) in [5, 5.41) is 0. The topological polar surface area (TPSA) is 95.4 Å². The van der Waals surface area contributed by atoms with Crippen LogP contribution in [0.5, 0.6) is 5.75 Å². The molecule has 0 unspecified atom stereocenters. The van der Waals surface area contributed by atoms with Gasteiger partial charge in [0.05, 0.1) is 6.54 Å². The summed E-state index contributed by atoms with van der Waals surface area (Å²) in [7, 11) is 0. The van der Waals surface area contributed by atoms with E-state index in [9.17, 15) is 9.59 Å². The van der Waals surface area contributed by atoms with Crippen molar-refractivity contribution in [1.29, 1.82) is 0 Å². The molecule has 0 heterocycles. The van der Waals surface area contributed by atoms with Crippen LogP contribution in [0.1, 0.15) is 10.4 Å². The van der Waals surface area contributed by atoms with E-state index < -0.39 is 11.9 Å². The minimum atomic E-state index is -0.531. The predicted octanol–water partition coefficient (Wildman–Crippen LogP) is -0.350. The molecule has 0 atom stereocenters. The second-order valence-corrected chi connectivity index (χ2v) is 2.57. The van der Waals surface area contributed by atoms with Crippen LogP contribution in [0.2, 0.25) is 0 Å². The van der Waals surface area contributed by atoms with E-state index in [-0.39, 0.29) is 6.54 Å². The fourth-order valence-electron chi connectivity index (χ4n) is 0.860. The Labute approximate surface area is 80.6 Å². The zero-order valence-corrected chi connectivity index (χ0v) is 7.40. The SMILES string of the molecule is NCC(=O)Oc1ccc(C(N)=O)cc1. The molecule has 1 amide bonds. The zero-order valence-electron chi connectivity index (χ0n) is 7.40. The lowest BCUT2D eigenvalue weighted by Crippen LogP contribution is -2.19. The number of rotatable bonds is 3. The maximum atomic E-state index is 10.8. The predicted molar refractivity (Wildman–Crippen MR) is 49.6 cm³/mol. The smallest absolute Gasteiger partial charge is 0.325 e. The Morgan fingerprint density at radius 1 is 1.21 bits per heavy atom. The molecule has 0 aromatic heterocycles. The quantitative estimate of drug-likeness (QED) is 0.507. The molecule has 0 saturated carbocycles. The Kier molecular flexibility index (Phi) is 3.19. The van der Waals surface area contributed by atoms with Crippen LogP contribution in [-0.4, -0.2) is 18.4 Å². The van der Waals surface area contributed by atoms with Gasteiger partial charge in [0.15, 0.2) is 0 Å². The van der Waals surface area contributed by atoms with Crippen molar-refractivity contribution in [3.63, 3.8) is 0 Å². The monoisotopic (exact) mass is 194 g/mol. The molecular weight excluding hydrogens is 184 g/mol. The minimum absolute atomic E-state index is 0.183. The van der Waals surface area contributed by atoms with Crippen molar-refractivity contribution in [2.24, 2.45) is 11.5 Å². The Hall–Kier alpha value is -1.88. The second-order valence-electron chi connectivity index (χ2n) is 2.57. The summed E-state index contributed by atoms with van der Waals surface area (Å²) in [5.74, 6) is -0.719. The highest BCUT2D eigenvalue weighted by molar-refractivity contribution is 5.92. The lowest BCUT2D eigenvalue weighted by molar-refractivity contribution is -0.132. The van der Waals surface area contributed by atoms with Crippen molar-refractivity contribution in [1.82, 2.24) is 0 Å². The Morgan fingerprint density at radius 3 is 2.21 bits per heavy atom. The van der Waals surface area contributed by atoms with Gasteiger partial charge >= 0.3 is 5.97 Å². The van der Waals surface area contributed by atoms with Gasteiger partial charge in [0.1, 0.15) is 5.75 Å². The first-order valence-corrected chi connectivity index (χ1v) is 3.94. The van der Waals surface area contributed by atoms with Gasteiger partial charge in [-0.25, -0.2) is 0 Å². The van der Waals surface area contributed by atoms with Crippen molar-refractivity contribution in [2.75, 3.05) is 6.54 Å². The largest absolute Gasteiger partial charge is 0.426 e. The molecule has 5 heteroatoms. The van der Waals surface area contributed by atoms with Crippen molar-refractivity contribution >= 4 is 11.9 Å². The van der Waals surface area contributed by atoms with Gasteiger partial charge in [-0.05, 0) is 24.3 Å². The number of nitrogens with two attached hydrogens (primary N) is 2. The fraction of sp³-hybridized carbons (Fsp3) is 0.111. The summed E-state index contributed by atoms with van der Waals surface area (Å²) in [5.41, 5.74) is 10.4. The molecule has 0 spiro atoms. The molecule has 0 aliphatic rings. The van der Waals surface area contributed by atoms with E-state index in [1.807, 2.05) is 0 Å². The Bertz CT molecular complexity index is 346. The van der Waals surface area contributed by atoms with Gasteiger partial charge in [0.2, 0.25) is 5.91 Å². The van der Waals surface area contributed by atoms with Crippen LogP contribution in [-0.2, 0) is 4.79 Å². The summed E-state index contributed by atoms with van der Waals surface area (Å²) in [6, 6.07) is 5.91. The molecule has 14 heavy (non-hydrogen) atoms. The molecule has 5 nitrogen and oxygen atoms in total. The highest BCUT2D eigenvalue weighted by Crippen LogP contribution is 2.11. The summed E-state index contributed by atoms with van der Waals surface area (Å²) in [4.78, 5) is 21.4. The number of ether oxygens (including phenoxy) is 1. The molecule has 0 aliphatic carbocycles. The maximum Gasteiger partial charge on any atom is 0.325 e. The van der Waals surface area contributed by atoms with E-state index in [2.05, 4.69) is 0 Å². The van der Waals surface area contributed by atoms with Gasteiger partial charge in [-0.3, -0.25) is 9.59 Å². The van der Waals surface area contributed by atoms with Crippen LogP contribution in [0.4, 0.5) is 0 Å². The molecule has 1 aromatic carbocycles. The van der Waals surface area contributed by atoms with Gasteiger partial charge in [-0.15, -0.1) is 0 Å². The lowest BCUT2D eigenvalue weighted by Gasteiger charge is -2.02. The van der Waals surface area contributed by atoms with Gasteiger partial charge in [0.25, 0.3) is 0 Å². The molecule has 0 bridgehead atoms. The average Bonchev–Trinajstić information content (AvgIpc) is 2.18. The Balaban J connectivity index is 2.73. The number of benzene rings is 1. The Morgan fingerprint density at radius 2 is 1.79 bits per heavy atom. The summed E-state index contributed by atoms with van der Waals surface area (Å²) >= 11 is 0. The van der Waals surface area contributed by atoms with Crippen LogP contribution in [0.3, 0.4) is 0 Å². The van der Waals surface area contributed by atoms with Gasteiger partial charge in [0, 0.05) is 5.56 Å². The van der Waals surface area contributed by atoms with E-state index in [0.29, 0.717) is 11.3 Å². The van der Waals surface area contributed by atoms with Crippen LogP contribution in [0.25, 0.3) is 0 Å². The molecule has 1 aromatic rings. The van der Waals surface area contributed by atoms with Crippen LogP contribution >= 0.6 is 0 Å². The zero-order chi connectivity index (χ0) is 10.6. The van der Waals surface area contributed by atoms with E-state index in [1.165, 1.54) is 24.3 Å². The normalized spacial score (nSPS) is 9.50. The highest BCUT2D eigenvalue weighted by Gasteiger charge is 2.03. The summed E-state index contributed by atoms with van der Waals surface area (Å²) < 4.78 is 4.78. The molecular formula is C9H10N2O3. The molecule has 74 valence electrons. The molecule has 0 radical (unpaired) electrons. The highest BCUT2D eigenvalue weighted by atomic mass is 16.5. The first-order chi connectivity index (χ1) is 6.63. The first-order valence-electron chi connectivity index (χ1n) is 3.94. The molecule has 0 aliphatic heterocycles. The van der Waals surface area contributed by atoms with Crippen molar-refractivity contribution in [2.45, 2.75) is 0 Å². The molecule has 0 saturated heterocycles. The molecule has 0 fully saturated rings. The molecule has 4 N–H and O–H groups in total. The van der Waals surface area contributed by atoms with Gasteiger partial charge < -0.3 is 16.2 Å². The van der Waals surface area contributed by atoms with Crippen molar-refractivity contribution in [3.8, 4) is 5.75 Å². The van der Waals surface area contributed by atoms with Gasteiger partial charge in [-0.1, -0.05) is 0 Å². The van der Waals surface area contributed by atoms with Gasteiger partial charge in [-0.2, -0.15) is 0 Å². The number of amides is 1. The number of primary amides is 1. The number of carbonyl (C=O) groups excluding carboxylic acids is 2. The van der Waals surface area contributed by atoms with Crippen LogP contribution in [0.15, 0.2) is 24.3 Å². The van der Waals surface area contributed by atoms with E-state index in [4.69, 9.17) is 16.2 Å². The number of hydrogen-bond donors (Lipinski definition) is 2. The second kappa shape index (κ2) is 4.38. The first kappa shape index (κ1) is 10.2. The van der Waals surface area contributed by atoms with Crippen LogP contribution < -0.4 is 16.2 Å². The van der Waals surface area contributed by atoms with Crippen molar-refractivity contribution in [3.05, 3.63) is 29.8 Å². The third-order valence-electron chi connectivity index (χ3n) is 1.54. The number of hydrogen-bond acceptors (Lipinski definition) is 4. The minimum Gasteiger partial charge on any atom is -0.426 e. The lowest BCUT2D eigenvalue weighted by atomic mass is 10.2. The fourth-order valence-corrected chi connectivity index (χ4v) is 0.860. The third kappa shape index (κ3) is 2.56. The van der Waals surface area contributed by atoms with Crippen molar-refractivity contribution < 1.29 is 14.3 Å². The standard InChI is InChI=1S/C9H10N2O3/c10-5-8(12)14-7-3-1-6(2-4-7)9(11)13/h1-4H,5,10H2,(H2,11,13). The van der Waals surface area contributed by atoms with E-state index in [1.54, 1.807) is 0 Å². The summed E-state index contributed by atoms with van der Waals surface area (Å²) in [6.07, 6.45) is 0. The maximum absolute atomic E-state index is 10.8. The van der Waals surface area contributed by atoms with Crippen LogP contribution in [0, 0.1) is 0 Å².